The van der Waals surface area contributed by atoms with E-state index in [1.807, 2.05) is 101 Å². The van der Waals surface area contributed by atoms with Gasteiger partial charge in [0.05, 0.1) is 11.9 Å². The van der Waals surface area contributed by atoms with Crippen LogP contribution in [0, 0.1) is 20.8 Å². The van der Waals surface area contributed by atoms with E-state index in [9.17, 15) is 18.0 Å². The summed E-state index contributed by atoms with van der Waals surface area (Å²) in [5.41, 5.74) is 5.46. The van der Waals surface area contributed by atoms with Crippen molar-refractivity contribution in [3.8, 4) is 0 Å². The molecule has 0 saturated carbocycles. The predicted octanol–water partition coefficient (Wildman–Crippen LogP) is 5.32. The Morgan fingerprint density at radius 1 is 0.878 bits per heavy atom. The largest absolute Gasteiger partial charge is 0.352 e. The van der Waals surface area contributed by atoms with E-state index < -0.39 is 16.1 Å². The van der Waals surface area contributed by atoms with Crippen LogP contribution in [0.1, 0.15) is 54.5 Å². The fourth-order valence-corrected chi connectivity index (χ4v) is 5.95. The standard InChI is InChI=1S/C33H43N3O4S/c1-24(2)34-33(38)31(22-28-15-8-7-9-16-28)35(23-29-17-10-13-25(3)21-29)32(37)19-12-20-36(41(6,39)40)30-18-11-14-26(4)27(30)5/h7-11,13-18,21,24,31H,12,19-20,22-23H2,1-6H3,(H,34,38)/t31-/m1/s1. The van der Waals surface area contributed by atoms with Crippen LogP contribution in [0.15, 0.2) is 72.8 Å². The van der Waals surface area contributed by atoms with Gasteiger partial charge in [-0.05, 0) is 69.4 Å². The van der Waals surface area contributed by atoms with Crippen LogP contribution >= 0.6 is 0 Å². The second-order valence-corrected chi connectivity index (χ2v) is 12.9. The molecule has 0 aliphatic carbocycles. The minimum atomic E-state index is -3.57. The number of carbonyl (C=O) groups is 2. The predicted molar refractivity (Wildman–Crippen MR) is 166 cm³/mol. The summed E-state index contributed by atoms with van der Waals surface area (Å²) in [6.45, 7) is 10.1. The van der Waals surface area contributed by atoms with Gasteiger partial charge >= 0.3 is 0 Å². The van der Waals surface area contributed by atoms with Gasteiger partial charge < -0.3 is 10.2 Å². The van der Waals surface area contributed by atoms with Crippen molar-refractivity contribution in [1.29, 1.82) is 0 Å². The SMILES string of the molecule is Cc1cccc(CN(C(=O)CCCN(c2cccc(C)c2C)S(C)(=O)=O)[C@H](Cc2ccccc2)C(=O)NC(C)C)c1. The molecule has 0 spiro atoms. The third-order valence-corrected chi connectivity index (χ3v) is 8.31. The summed E-state index contributed by atoms with van der Waals surface area (Å²) in [5.74, 6) is -0.404. The van der Waals surface area contributed by atoms with Crippen LogP contribution in [0.25, 0.3) is 0 Å². The Labute approximate surface area is 245 Å². The van der Waals surface area contributed by atoms with Gasteiger partial charge in [0, 0.05) is 32.0 Å². The van der Waals surface area contributed by atoms with Gasteiger partial charge in [0.15, 0.2) is 0 Å². The van der Waals surface area contributed by atoms with Crippen molar-refractivity contribution in [2.45, 2.75) is 72.5 Å². The summed E-state index contributed by atoms with van der Waals surface area (Å²) >= 11 is 0. The molecule has 0 unspecified atom stereocenters. The molecule has 0 fully saturated rings. The second-order valence-electron chi connectivity index (χ2n) is 11.0. The molecule has 0 aliphatic heterocycles. The molecule has 0 bridgehead atoms. The maximum absolute atomic E-state index is 13.9. The molecule has 1 N–H and O–H groups in total. The molecule has 3 rings (SSSR count). The van der Waals surface area contributed by atoms with E-state index in [1.165, 1.54) is 10.6 Å². The maximum atomic E-state index is 13.9. The molecule has 1 atom stereocenters. The number of amides is 2. The van der Waals surface area contributed by atoms with E-state index in [1.54, 1.807) is 11.0 Å². The topological polar surface area (TPSA) is 86.8 Å². The molecule has 0 heterocycles. The van der Waals surface area contributed by atoms with E-state index in [0.29, 0.717) is 18.5 Å². The number of carbonyl (C=O) groups excluding carboxylic acids is 2. The van der Waals surface area contributed by atoms with Gasteiger partial charge in [-0.3, -0.25) is 13.9 Å². The first-order valence-electron chi connectivity index (χ1n) is 14.1. The number of rotatable bonds is 13. The highest BCUT2D eigenvalue weighted by Gasteiger charge is 2.31. The van der Waals surface area contributed by atoms with Crippen molar-refractivity contribution in [2.24, 2.45) is 0 Å². The summed E-state index contributed by atoms with van der Waals surface area (Å²) in [7, 11) is -3.57. The van der Waals surface area contributed by atoms with Crippen LogP contribution in [0.4, 0.5) is 5.69 Å². The Bertz CT molecular complexity index is 1440. The third kappa shape index (κ3) is 9.18. The fraction of sp³-hybridized carbons (Fsp3) is 0.394. The molecule has 41 heavy (non-hydrogen) atoms. The van der Waals surface area contributed by atoms with Crippen LogP contribution in [-0.4, -0.2) is 50.0 Å². The molecule has 0 aromatic heterocycles. The fourth-order valence-electron chi connectivity index (χ4n) is 4.93. The van der Waals surface area contributed by atoms with Gasteiger partial charge in [-0.15, -0.1) is 0 Å². The molecule has 2 amide bonds. The summed E-state index contributed by atoms with van der Waals surface area (Å²) < 4.78 is 26.9. The number of anilines is 1. The number of nitrogens with zero attached hydrogens (tertiary/aromatic N) is 2. The van der Waals surface area contributed by atoms with Crippen molar-refractivity contribution in [3.63, 3.8) is 0 Å². The van der Waals surface area contributed by atoms with Crippen LogP contribution in [0.5, 0.6) is 0 Å². The Kier molecular flexibility index (Phi) is 11.1. The van der Waals surface area contributed by atoms with Gasteiger partial charge in [0.2, 0.25) is 21.8 Å². The average molecular weight is 578 g/mol. The van der Waals surface area contributed by atoms with Crippen molar-refractivity contribution >= 4 is 27.5 Å². The van der Waals surface area contributed by atoms with Crippen molar-refractivity contribution in [3.05, 3.63) is 101 Å². The van der Waals surface area contributed by atoms with Gasteiger partial charge in [-0.25, -0.2) is 8.42 Å². The molecule has 0 aliphatic rings. The Balaban J connectivity index is 1.90. The van der Waals surface area contributed by atoms with Crippen molar-refractivity contribution in [2.75, 3.05) is 17.1 Å². The zero-order chi connectivity index (χ0) is 30.2. The van der Waals surface area contributed by atoms with Gasteiger partial charge in [0.25, 0.3) is 0 Å². The van der Waals surface area contributed by atoms with Gasteiger partial charge in [-0.2, -0.15) is 0 Å². The number of nitrogens with one attached hydrogen (secondary N) is 1. The lowest BCUT2D eigenvalue weighted by atomic mass is 10.0. The Morgan fingerprint density at radius 3 is 2.17 bits per heavy atom. The summed E-state index contributed by atoms with van der Waals surface area (Å²) in [6, 6.07) is 22.4. The average Bonchev–Trinajstić information content (AvgIpc) is 2.90. The summed E-state index contributed by atoms with van der Waals surface area (Å²) in [4.78, 5) is 29.1. The lowest BCUT2D eigenvalue weighted by molar-refractivity contribution is -0.141. The number of aryl methyl sites for hydroxylation is 2. The number of sulfonamides is 1. The minimum absolute atomic E-state index is 0.0856. The first-order valence-corrected chi connectivity index (χ1v) is 15.9. The smallest absolute Gasteiger partial charge is 0.243 e. The minimum Gasteiger partial charge on any atom is -0.352 e. The molecule has 3 aromatic rings. The number of hydrogen-bond acceptors (Lipinski definition) is 4. The number of hydrogen-bond donors (Lipinski definition) is 1. The second kappa shape index (κ2) is 14.3. The first-order chi connectivity index (χ1) is 19.4. The molecule has 7 nitrogen and oxygen atoms in total. The van der Waals surface area contributed by atoms with E-state index in [2.05, 4.69) is 5.32 Å². The lowest BCUT2D eigenvalue weighted by Crippen LogP contribution is -2.51. The van der Waals surface area contributed by atoms with E-state index in [0.717, 1.165) is 27.8 Å². The molecule has 0 saturated heterocycles. The van der Waals surface area contributed by atoms with E-state index in [-0.39, 0.29) is 37.4 Å². The van der Waals surface area contributed by atoms with Gasteiger partial charge in [0.1, 0.15) is 6.04 Å². The lowest BCUT2D eigenvalue weighted by Gasteiger charge is -2.32. The van der Waals surface area contributed by atoms with E-state index >= 15 is 0 Å². The van der Waals surface area contributed by atoms with E-state index in [4.69, 9.17) is 0 Å². The maximum Gasteiger partial charge on any atom is 0.243 e. The molecule has 220 valence electrons. The van der Waals surface area contributed by atoms with Crippen LogP contribution < -0.4 is 9.62 Å². The third-order valence-electron chi connectivity index (χ3n) is 7.13. The van der Waals surface area contributed by atoms with Crippen LogP contribution in [0.2, 0.25) is 0 Å². The van der Waals surface area contributed by atoms with Crippen molar-refractivity contribution in [1.82, 2.24) is 10.2 Å². The normalized spacial score (nSPS) is 12.2. The first kappa shape index (κ1) is 31.9. The highest BCUT2D eigenvalue weighted by Crippen LogP contribution is 2.26. The molecule has 3 aromatic carbocycles. The highest BCUT2D eigenvalue weighted by molar-refractivity contribution is 7.92. The zero-order valence-corrected chi connectivity index (χ0v) is 25.9. The quantitative estimate of drug-likeness (QED) is 0.298. The summed E-state index contributed by atoms with van der Waals surface area (Å²) in [5, 5.41) is 3.00. The Morgan fingerprint density at radius 2 is 1.54 bits per heavy atom. The van der Waals surface area contributed by atoms with Gasteiger partial charge in [-0.1, -0.05) is 72.3 Å². The highest BCUT2D eigenvalue weighted by atomic mass is 32.2. The van der Waals surface area contributed by atoms with Crippen LogP contribution in [0.3, 0.4) is 0 Å². The Hall–Kier alpha value is -3.65. The monoisotopic (exact) mass is 577 g/mol. The molecular formula is C33H43N3O4S. The van der Waals surface area contributed by atoms with Crippen molar-refractivity contribution < 1.29 is 18.0 Å². The molecule has 8 heteroatoms. The zero-order valence-electron chi connectivity index (χ0n) is 25.1. The summed E-state index contributed by atoms with van der Waals surface area (Å²) in [6.07, 6.45) is 1.97. The van der Waals surface area contributed by atoms with Crippen LogP contribution in [-0.2, 0) is 32.6 Å². The number of benzene rings is 3. The molecular weight excluding hydrogens is 534 g/mol. The molecule has 0 radical (unpaired) electrons.